The van der Waals surface area contributed by atoms with E-state index in [1.807, 2.05) is 27.7 Å². The van der Waals surface area contributed by atoms with Crippen molar-refractivity contribution in [2.24, 2.45) is 11.3 Å². The first-order valence-electron chi connectivity index (χ1n) is 6.69. The van der Waals surface area contributed by atoms with Crippen molar-refractivity contribution >= 4 is 11.9 Å². The first-order chi connectivity index (χ1) is 8.78. The number of ether oxygens (including phenoxy) is 1. The van der Waals surface area contributed by atoms with Gasteiger partial charge in [0.05, 0.1) is 18.1 Å². The Morgan fingerprint density at radius 3 is 2.58 bits per heavy atom. The maximum absolute atomic E-state index is 12.0. The van der Waals surface area contributed by atoms with E-state index in [0.29, 0.717) is 6.42 Å². The number of carbonyl (C=O) groups is 2. The van der Waals surface area contributed by atoms with Crippen molar-refractivity contribution in [1.82, 2.24) is 10.2 Å². The lowest BCUT2D eigenvalue weighted by atomic mass is 9.81. The van der Waals surface area contributed by atoms with Gasteiger partial charge in [-0.2, -0.15) is 0 Å². The van der Waals surface area contributed by atoms with Gasteiger partial charge in [0.1, 0.15) is 6.23 Å². The summed E-state index contributed by atoms with van der Waals surface area (Å²) in [5.74, 6) is -0.0678. The zero-order valence-electron chi connectivity index (χ0n) is 11.8. The molecule has 6 nitrogen and oxygen atoms in total. The van der Waals surface area contributed by atoms with Crippen molar-refractivity contribution in [3.05, 3.63) is 0 Å². The molecule has 6 heteroatoms. The maximum atomic E-state index is 12.0. The molecule has 4 unspecified atom stereocenters. The molecule has 0 aromatic rings. The third-order valence-electron chi connectivity index (χ3n) is 4.53. The number of rotatable bonds is 2. The lowest BCUT2D eigenvalue weighted by molar-refractivity contribution is -0.140. The zero-order chi connectivity index (χ0) is 14.4. The largest absolute Gasteiger partial charge is 0.394 e. The Hall–Kier alpha value is -1.14. The highest BCUT2D eigenvalue weighted by Crippen LogP contribution is 2.36. The molecule has 0 bridgehead atoms. The number of nitrogens with one attached hydrogen (secondary N) is 1. The number of carbonyl (C=O) groups excluding carboxylic acids is 2. The van der Waals surface area contributed by atoms with E-state index in [9.17, 15) is 14.7 Å². The van der Waals surface area contributed by atoms with Crippen LogP contribution < -0.4 is 5.32 Å². The Balaban J connectivity index is 2.20. The smallest absolute Gasteiger partial charge is 0.326 e. The van der Waals surface area contributed by atoms with Crippen molar-refractivity contribution in [1.29, 1.82) is 0 Å². The zero-order valence-corrected chi connectivity index (χ0v) is 11.8. The average molecular weight is 270 g/mol. The predicted molar refractivity (Wildman–Crippen MR) is 68.1 cm³/mol. The van der Waals surface area contributed by atoms with Crippen LogP contribution >= 0.6 is 0 Å². The quantitative estimate of drug-likeness (QED) is 0.774. The van der Waals surface area contributed by atoms with Crippen molar-refractivity contribution in [3.63, 3.8) is 0 Å². The second-order valence-corrected chi connectivity index (χ2v) is 6.09. The summed E-state index contributed by atoms with van der Waals surface area (Å²) in [7, 11) is 0. The predicted octanol–water partition coefficient (Wildman–Crippen LogP) is 0.696. The van der Waals surface area contributed by atoms with Gasteiger partial charge >= 0.3 is 6.03 Å². The van der Waals surface area contributed by atoms with Crippen LogP contribution in [0.25, 0.3) is 0 Å². The fourth-order valence-electron chi connectivity index (χ4n) is 2.68. The standard InChI is InChI=1S/C13H22N2O4/c1-7-5-10(19-9(7)6-16)15-8(2)13(3,4)11(17)14-12(15)18/h7-10,16H,5-6H2,1-4H3,(H,14,17,18). The number of hydrogen-bond acceptors (Lipinski definition) is 4. The van der Waals surface area contributed by atoms with Gasteiger partial charge in [-0.1, -0.05) is 6.92 Å². The first-order valence-corrected chi connectivity index (χ1v) is 6.69. The Kier molecular flexibility index (Phi) is 3.57. The van der Waals surface area contributed by atoms with Gasteiger partial charge in [-0.3, -0.25) is 15.0 Å². The van der Waals surface area contributed by atoms with E-state index >= 15 is 0 Å². The summed E-state index contributed by atoms with van der Waals surface area (Å²) in [5.41, 5.74) is -0.655. The minimum absolute atomic E-state index is 0.0518. The van der Waals surface area contributed by atoms with Gasteiger partial charge in [0, 0.05) is 6.04 Å². The monoisotopic (exact) mass is 270 g/mol. The second kappa shape index (κ2) is 4.76. The van der Waals surface area contributed by atoms with Gasteiger partial charge < -0.3 is 9.84 Å². The Bertz CT molecular complexity index is 396. The summed E-state index contributed by atoms with van der Waals surface area (Å²) in [4.78, 5) is 25.5. The van der Waals surface area contributed by atoms with Crippen LogP contribution in [0.5, 0.6) is 0 Å². The number of aliphatic hydroxyl groups is 1. The molecule has 2 aliphatic heterocycles. The SMILES string of the molecule is CC1CC(N2C(=O)NC(=O)C(C)(C)C2C)OC1CO. The van der Waals surface area contributed by atoms with Crippen LogP contribution in [-0.2, 0) is 9.53 Å². The number of urea groups is 1. The molecule has 2 heterocycles. The molecule has 2 aliphatic rings. The summed E-state index contributed by atoms with van der Waals surface area (Å²) in [5, 5.41) is 11.6. The third kappa shape index (κ3) is 2.23. The highest BCUT2D eigenvalue weighted by molar-refractivity contribution is 6.00. The molecule has 2 saturated heterocycles. The van der Waals surface area contributed by atoms with Crippen molar-refractivity contribution in [3.8, 4) is 0 Å². The number of amides is 3. The number of nitrogens with zero attached hydrogens (tertiary/aromatic N) is 1. The fourth-order valence-corrected chi connectivity index (χ4v) is 2.68. The van der Waals surface area contributed by atoms with Gasteiger partial charge in [0.15, 0.2) is 0 Å². The second-order valence-electron chi connectivity index (χ2n) is 6.09. The van der Waals surface area contributed by atoms with Crippen LogP contribution in [0.1, 0.15) is 34.1 Å². The molecule has 19 heavy (non-hydrogen) atoms. The van der Waals surface area contributed by atoms with Crippen molar-refractivity contribution in [2.45, 2.75) is 52.5 Å². The molecule has 2 fully saturated rings. The topological polar surface area (TPSA) is 78.9 Å². The minimum Gasteiger partial charge on any atom is -0.394 e. The highest BCUT2D eigenvalue weighted by Gasteiger charge is 2.49. The summed E-state index contributed by atoms with van der Waals surface area (Å²) in [6.45, 7) is 7.42. The molecule has 0 radical (unpaired) electrons. The molecular formula is C13H22N2O4. The summed E-state index contributed by atoms with van der Waals surface area (Å²) >= 11 is 0. The number of aliphatic hydroxyl groups excluding tert-OH is 1. The third-order valence-corrected chi connectivity index (χ3v) is 4.53. The van der Waals surface area contributed by atoms with Crippen molar-refractivity contribution < 1.29 is 19.4 Å². The Labute approximate surface area is 113 Å². The van der Waals surface area contributed by atoms with E-state index in [4.69, 9.17) is 4.74 Å². The van der Waals surface area contributed by atoms with Crippen LogP contribution in [0.2, 0.25) is 0 Å². The van der Waals surface area contributed by atoms with E-state index in [0.717, 1.165) is 0 Å². The van der Waals surface area contributed by atoms with Gasteiger partial charge in [-0.05, 0) is 33.1 Å². The highest BCUT2D eigenvalue weighted by atomic mass is 16.5. The molecule has 0 aromatic heterocycles. The molecule has 108 valence electrons. The van der Waals surface area contributed by atoms with Gasteiger partial charge in [0.2, 0.25) is 5.91 Å². The van der Waals surface area contributed by atoms with Crippen LogP contribution in [0.4, 0.5) is 4.79 Å². The van der Waals surface area contributed by atoms with Crippen LogP contribution in [0, 0.1) is 11.3 Å². The number of hydrogen-bond donors (Lipinski definition) is 2. The lowest BCUT2D eigenvalue weighted by Crippen LogP contribution is -2.65. The first kappa shape index (κ1) is 14.3. The lowest BCUT2D eigenvalue weighted by Gasteiger charge is -2.45. The van der Waals surface area contributed by atoms with Gasteiger partial charge in [0.25, 0.3) is 0 Å². The number of imide groups is 1. The molecule has 4 atom stereocenters. The molecule has 0 aromatic carbocycles. The van der Waals surface area contributed by atoms with E-state index in [-0.39, 0.29) is 36.8 Å². The Morgan fingerprint density at radius 2 is 2.05 bits per heavy atom. The Morgan fingerprint density at radius 1 is 1.42 bits per heavy atom. The maximum Gasteiger partial charge on any atom is 0.326 e. The van der Waals surface area contributed by atoms with E-state index in [1.165, 1.54) is 0 Å². The van der Waals surface area contributed by atoms with Gasteiger partial charge in [-0.15, -0.1) is 0 Å². The molecular weight excluding hydrogens is 248 g/mol. The molecule has 3 amide bonds. The average Bonchev–Trinajstić information content (AvgIpc) is 2.68. The molecule has 0 saturated carbocycles. The van der Waals surface area contributed by atoms with E-state index in [1.54, 1.807) is 4.90 Å². The normalized spacial score (nSPS) is 38.5. The van der Waals surface area contributed by atoms with Crippen molar-refractivity contribution in [2.75, 3.05) is 6.61 Å². The van der Waals surface area contributed by atoms with Crippen LogP contribution in [0.15, 0.2) is 0 Å². The molecule has 0 spiro atoms. The fraction of sp³-hybridized carbons (Fsp3) is 0.846. The van der Waals surface area contributed by atoms with E-state index < -0.39 is 11.4 Å². The van der Waals surface area contributed by atoms with Crippen LogP contribution in [-0.4, -0.2) is 46.9 Å². The van der Waals surface area contributed by atoms with Crippen LogP contribution in [0.3, 0.4) is 0 Å². The summed E-state index contributed by atoms with van der Waals surface area (Å²) < 4.78 is 5.74. The molecule has 2 rings (SSSR count). The molecule has 0 aliphatic carbocycles. The summed E-state index contributed by atoms with van der Waals surface area (Å²) in [6.07, 6.45) is 0.0491. The van der Waals surface area contributed by atoms with E-state index in [2.05, 4.69) is 5.32 Å². The minimum atomic E-state index is -0.655. The van der Waals surface area contributed by atoms with Gasteiger partial charge in [-0.25, -0.2) is 4.79 Å². The summed E-state index contributed by atoms with van der Waals surface area (Å²) in [6, 6.07) is -0.656. The molecule has 2 N–H and O–H groups in total.